The number of hydrogen-bond acceptors (Lipinski definition) is 20. The number of nitrogens with one attached hydrogen (secondary N) is 7. The second kappa shape index (κ2) is 47.0. The van der Waals surface area contributed by atoms with Gasteiger partial charge in [0, 0.05) is 123 Å². The normalized spacial score (nSPS) is 22.4. The lowest BCUT2D eigenvalue weighted by atomic mass is 9.79. The average Bonchev–Trinajstić information content (AvgIpc) is 2.07. The number of aliphatic hydroxyl groups excluding tert-OH is 6. The minimum Gasteiger partial charge on any atom is -0.396 e. The molecular formula is C60H108N8O20. The predicted octanol–water partition coefficient (Wildman–Crippen LogP) is -1.13. The Bertz CT molecular complexity index is 1940. The highest BCUT2D eigenvalue weighted by molar-refractivity contribution is 5.78. The Morgan fingerprint density at radius 2 is 0.761 bits per heavy atom. The van der Waals surface area contributed by atoms with Crippen LogP contribution in [0.3, 0.4) is 0 Å². The van der Waals surface area contributed by atoms with E-state index in [1.165, 1.54) is 13.8 Å². The van der Waals surface area contributed by atoms with Gasteiger partial charge in [-0.15, -0.1) is 0 Å². The third kappa shape index (κ3) is 35.4. The monoisotopic (exact) mass is 1260 g/mol. The van der Waals surface area contributed by atoms with Crippen molar-refractivity contribution in [2.45, 2.75) is 223 Å². The highest BCUT2D eigenvalue weighted by Gasteiger charge is 2.45. The molecule has 0 bridgehead atoms. The molecule has 0 aromatic rings. The molecule has 0 spiro atoms. The van der Waals surface area contributed by atoms with E-state index in [1.807, 2.05) is 0 Å². The van der Waals surface area contributed by atoms with Gasteiger partial charge < -0.3 is 102 Å². The number of amides is 8. The molecule has 0 saturated heterocycles. The molecule has 88 heavy (non-hydrogen) atoms. The summed E-state index contributed by atoms with van der Waals surface area (Å²) >= 11 is 0. The van der Waals surface area contributed by atoms with Gasteiger partial charge >= 0.3 is 0 Å². The largest absolute Gasteiger partial charge is 0.396 e. The molecule has 508 valence electrons. The van der Waals surface area contributed by atoms with E-state index in [4.69, 9.17) is 29.4 Å². The Labute approximate surface area is 518 Å². The molecule has 8 amide bonds. The quantitative estimate of drug-likeness (QED) is 0.0321. The Kier molecular flexibility index (Phi) is 42.2. The fraction of sp³-hybridized carbons (Fsp3) is 0.850. The number of aliphatic hydroxyl groups is 6. The second-order valence-electron chi connectivity index (χ2n) is 23.3. The van der Waals surface area contributed by atoms with E-state index in [9.17, 15) is 73.8 Å². The van der Waals surface area contributed by atoms with Gasteiger partial charge in [0.05, 0.1) is 76.1 Å². The summed E-state index contributed by atoms with van der Waals surface area (Å²) in [6.07, 6.45) is 5.50. The first-order valence-electron chi connectivity index (χ1n) is 31.7. The van der Waals surface area contributed by atoms with Crippen molar-refractivity contribution in [3.05, 3.63) is 0 Å². The van der Waals surface area contributed by atoms with E-state index in [0.717, 1.165) is 44.9 Å². The molecule has 28 nitrogen and oxygen atoms in total. The molecule has 28 heteroatoms. The van der Waals surface area contributed by atoms with E-state index in [0.29, 0.717) is 64.5 Å². The molecular weight excluding hydrogens is 1150 g/mol. The van der Waals surface area contributed by atoms with Crippen LogP contribution in [0, 0.1) is 11.8 Å². The van der Waals surface area contributed by atoms with Crippen LogP contribution in [0.2, 0.25) is 0 Å². The van der Waals surface area contributed by atoms with Crippen molar-refractivity contribution in [2.75, 3.05) is 92.2 Å². The molecule has 15 N–H and O–H groups in total. The van der Waals surface area contributed by atoms with Crippen molar-refractivity contribution < 1.29 is 97.5 Å². The topological polar surface area (TPSA) is 431 Å². The molecule has 0 aromatic heterocycles. The lowest BCUT2D eigenvalue weighted by Crippen LogP contribution is -2.61. The van der Waals surface area contributed by atoms with E-state index >= 15 is 0 Å². The first-order valence-corrected chi connectivity index (χ1v) is 31.7. The van der Waals surface area contributed by atoms with Gasteiger partial charge in [0.25, 0.3) is 0 Å². The third-order valence-electron chi connectivity index (χ3n) is 15.4. The van der Waals surface area contributed by atoms with Gasteiger partial charge in [-0.05, 0) is 71.1 Å². The SMILES string of the molecule is CC(=O)CCCCCCCCCCC(=O)NC(COCCC(N)=O)(COCCC(=O)NCCCNC(=O)CCCCOC1CC(CO)C(O)C(O)C1NC(C)=O)COCCC(=O)NCCCNC(=O)CCCCOC1CC(CO)C(O)C(O)C1NC(C)=O. The molecule has 0 aromatic carbocycles. The fourth-order valence-electron chi connectivity index (χ4n) is 10.4. The smallest absolute Gasteiger partial charge is 0.222 e. The van der Waals surface area contributed by atoms with Crippen LogP contribution in [-0.2, 0) is 66.8 Å². The van der Waals surface area contributed by atoms with E-state index < -0.39 is 83.8 Å². The molecule has 2 rings (SSSR count). The maximum Gasteiger partial charge on any atom is 0.222 e. The molecule has 2 fully saturated rings. The Balaban J connectivity index is 1.83. The van der Waals surface area contributed by atoms with Crippen LogP contribution >= 0.6 is 0 Å². The summed E-state index contributed by atoms with van der Waals surface area (Å²) in [5, 5.41) is 80.4. The summed E-state index contributed by atoms with van der Waals surface area (Å²) in [5.74, 6) is -3.71. The number of carbonyl (C=O) groups is 9. The zero-order valence-corrected chi connectivity index (χ0v) is 52.4. The van der Waals surface area contributed by atoms with Gasteiger partial charge in [-0.2, -0.15) is 0 Å². The van der Waals surface area contributed by atoms with Gasteiger partial charge in [0.1, 0.15) is 23.5 Å². The first-order chi connectivity index (χ1) is 42.1. The van der Waals surface area contributed by atoms with Crippen LogP contribution in [0.15, 0.2) is 0 Å². The summed E-state index contributed by atoms with van der Waals surface area (Å²) in [7, 11) is 0. The van der Waals surface area contributed by atoms with Crippen molar-refractivity contribution in [3.8, 4) is 0 Å². The zero-order valence-electron chi connectivity index (χ0n) is 52.4. The number of nitrogens with two attached hydrogens (primary N) is 1. The lowest BCUT2D eigenvalue weighted by molar-refractivity contribution is -0.142. The minimum atomic E-state index is -1.31. The summed E-state index contributed by atoms with van der Waals surface area (Å²) in [6.45, 7) is 4.48. The van der Waals surface area contributed by atoms with Crippen LogP contribution in [0.4, 0.5) is 0 Å². The molecule has 10 unspecified atom stereocenters. The molecule has 0 aliphatic heterocycles. The van der Waals surface area contributed by atoms with E-state index in [1.54, 1.807) is 6.92 Å². The fourth-order valence-corrected chi connectivity index (χ4v) is 10.4. The van der Waals surface area contributed by atoms with Crippen LogP contribution in [-0.4, -0.2) is 230 Å². The predicted molar refractivity (Wildman–Crippen MR) is 321 cm³/mol. The third-order valence-corrected chi connectivity index (χ3v) is 15.4. The molecule has 10 atom stereocenters. The molecule has 2 saturated carbocycles. The number of ketones is 1. The average molecular weight is 1260 g/mol. The van der Waals surface area contributed by atoms with Crippen LogP contribution in [0.1, 0.15) is 168 Å². The van der Waals surface area contributed by atoms with Crippen molar-refractivity contribution in [1.82, 2.24) is 37.2 Å². The van der Waals surface area contributed by atoms with Gasteiger partial charge in [-0.3, -0.25) is 38.4 Å². The Morgan fingerprint density at radius 1 is 0.420 bits per heavy atom. The summed E-state index contributed by atoms with van der Waals surface area (Å²) in [4.78, 5) is 110. The number of Topliss-reactive ketones (excluding diaryl/α,β-unsaturated/α-hetero) is 1. The van der Waals surface area contributed by atoms with Crippen LogP contribution in [0.5, 0.6) is 0 Å². The minimum absolute atomic E-state index is 0.0393. The molecule has 0 radical (unpaired) electrons. The van der Waals surface area contributed by atoms with Crippen molar-refractivity contribution in [3.63, 3.8) is 0 Å². The summed E-state index contributed by atoms with van der Waals surface area (Å²) in [6, 6.07) is -1.69. The maximum absolute atomic E-state index is 13.5. The van der Waals surface area contributed by atoms with Gasteiger partial charge in [0.15, 0.2) is 0 Å². The molecule has 0 heterocycles. The maximum atomic E-state index is 13.5. The van der Waals surface area contributed by atoms with Crippen LogP contribution in [0.25, 0.3) is 0 Å². The second-order valence-corrected chi connectivity index (χ2v) is 23.3. The van der Waals surface area contributed by atoms with Crippen molar-refractivity contribution in [1.29, 1.82) is 0 Å². The van der Waals surface area contributed by atoms with Gasteiger partial charge in [0.2, 0.25) is 47.3 Å². The number of rotatable bonds is 51. The highest BCUT2D eigenvalue weighted by atomic mass is 16.5. The van der Waals surface area contributed by atoms with Gasteiger partial charge in [-0.1, -0.05) is 38.5 Å². The molecule has 2 aliphatic carbocycles. The zero-order chi connectivity index (χ0) is 65.1. The number of hydrogen-bond donors (Lipinski definition) is 14. The number of ether oxygens (including phenoxy) is 5. The van der Waals surface area contributed by atoms with E-state index in [-0.39, 0.29) is 166 Å². The van der Waals surface area contributed by atoms with Crippen molar-refractivity contribution >= 4 is 53.0 Å². The van der Waals surface area contributed by atoms with E-state index in [2.05, 4.69) is 37.2 Å². The highest BCUT2D eigenvalue weighted by Crippen LogP contribution is 2.29. The van der Waals surface area contributed by atoms with Crippen molar-refractivity contribution in [2.24, 2.45) is 17.6 Å². The summed E-state index contributed by atoms with van der Waals surface area (Å²) in [5.41, 5.74) is 4.06. The standard InChI is InChI=1S/C60H108N8O20/c1-41(71)18-10-8-6-4-5-7-9-11-21-53(79)68-60(38-84-31-22-48(61)74,39-85-32-23-51(77)64-27-16-25-62-49(75)19-12-14-29-87-46-34-44(36-69)56(80)58(82)54(46)66-42(2)72)40-86-33-24-52(78)65-28-17-26-63-50(76)20-13-15-30-88-47-35-45(37-70)57(81)59(83)55(47)67-43(3)73/h44-47,54-59,69-70,80-83H,4-40H2,1-3H3,(H2,61,74)(H,62,75)(H,63,76)(H,64,77)(H,65,78)(H,66,72)(H,67,73)(H,68,79). The Hall–Kier alpha value is -5.01. The Morgan fingerprint density at radius 3 is 1.12 bits per heavy atom. The lowest BCUT2D eigenvalue weighted by Gasteiger charge is -2.42. The van der Waals surface area contributed by atoms with Gasteiger partial charge in [-0.25, -0.2) is 0 Å². The van der Waals surface area contributed by atoms with Crippen LogP contribution < -0.4 is 43.0 Å². The first kappa shape index (κ1) is 79.1. The number of unbranched alkanes of at least 4 members (excludes halogenated alkanes) is 9. The summed E-state index contributed by atoms with van der Waals surface area (Å²) < 4.78 is 29.6. The number of carbonyl (C=O) groups excluding carboxylic acids is 9. The molecule has 2 aliphatic rings. The number of primary amides is 1.